The number of nitrogens with zero attached hydrogens (tertiary/aromatic N) is 9. The van der Waals surface area contributed by atoms with E-state index in [-0.39, 0.29) is 134 Å². The molecule has 0 saturated carbocycles. The molecule has 3 aliphatic heterocycles. The van der Waals surface area contributed by atoms with Gasteiger partial charge in [-0.1, -0.05) is 84.6 Å². The third-order valence-electron chi connectivity index (χ3n) is 15.6. The summed E-state index contributed by atoms with van der Waals surface area (Å²) in [5.41, 5.74) is 3.36. The molecule has 2 N–H and O–H groups in total. The average Bonchev–Trinajstić information content (AvgIpc) is 1.59. The molecule has 0 saturated heterocycles. The van der Waals surface area contributed by atoms with Crippen molar-refractivity contribution < 1.29 is 125 Å². The number of sulfone groups is 1. The molecule has 9 heterocycles. The van der Waals surface area contributed by atoms with Gasteiger partial charge in [0.15, 0.2) is 28.7 Å². The van der Waals surface area contributed by atoms with E-state index in [2.05, 4.69) is 38.3 Å². The number of aldehydes is 1. The van der Waals surface area contributed by atoms with Crippen LogP contribution in [0.2, 0.25) is 0 Å². The van der Waals surface area contributed by atoms with Gasteiger partial charge in [-0.15, -0.1) is 0 Å². The zero-order valence-corrected chi connectivity index (χ0v) is 61.5. The van der Waals surface area contributed by atoms with Gasteiger partial charge < -0.3 is 33.7 Å². The minimum atomic E-state index is -4.63. The number of thioether (sulfide) groups is 1. The summed E-state index contributed by atoms with van der Waals surface area (Å²) in [6, 6.07) is 29.8. The fourth-order valence-corrected chi connectivity index (χ4v) is 11.6. The van der Waals surface area contributed by atoms with Gasteiger partial charge >= 0.3 is 24.7 Å². The van der Waals surface area contributed by atoms with Gasteiger partial charge in [-0.3, -0.25) is 19.2 Å². The zero-order chi connectivity index (χ0) is 77.2. The fourth-order valence-electron chi connectivity index (χ4n) is 10.7. The first-order valence-corrected chi connectivity index (χ1v) is 33.0. The van der Waals surface area contributed by atoms with Gasteiger partial charge in [-0.2, -0.15) is 52.7 Å². The quantitative estimate of drug-likeness (QED) is 0.0463. The van der Waals surface area contributed by atoms with Gasteiger partial charge in [0.2, 0.25) is 20.9 Å². The molecule has 19 nitrogen and oxygen atoms in total. The predicted octanol–water partition coefficient (Wildman–Crippen LogP) is 15.5. The van der Waals surface area contributed by atoms with Gasteiger partial charge in [0.05, 0.1) is 56.0 Å². The monoisotopic (exact) mass is 1720 g/mol. The minimum absolute atomic E-state index is 0. The molecule has 0 spiro atoms. The van der Waals surface area contributed by atoms with E-state index in [1.165, 1.54) is 128 Å². The number of hydrogen-bond acceptors (Lipinski definition) is 17. The van der Waals surface area contributed by atoms with Crippen molar-refractivity contribution in [3.63, 3.8) is 0 Å². The normalized spacial score (nSPS) is 14.6. The van der Waals surface area contributed by atoms with Crippen molar-refractivity contribution in [2.45, 2.75) is 55.8 Å². The van der Waals surface area contributed by atoms with Crippen LogP contribution in [0.3, 0.4) is 0 Å². The molecule has 0 unspecified atom stereocenters. The first kappa shape index (κ1) is 78.8. The van der Waals surface area contributed by atoms with Crippen LogP contribution in [0, 0.1) is 51.9 Å². The van der Waals surface area contributed by atoms with Crippen molar-refractivity contribution in [3.8, 4) is 34.4 Å². The van der Waals surface area contributed by atoms with Crippen LogP contribution in [0.4, 0.5) is 58.6 Å². The summed E-state index contributed by atoms with van der Waals surface area (Å²) in [7, 11) is 4.16. The number of carbonyl (C=O) groups excluding carboxylic acids is 4. The molecule has 0 aliphatic carbocycles. The maximum absolute atomic E-state index is 13.5. The number of benzene rings is 4. The van der Waals surface area contributed by atoms with E-state index >= 15 is 0 Å². The third kappa shape index (κ3) is 17.1. The van der Waals surface area contributed by atoms with Crippen LogP contribution in [0.15, 0.2) is 157 Å². The smallest absolute Gasteiger partial charge is 0.417 e. The van der Waals surface area contributed by atoms with Crippen molar-refractivity contribution in [1.29, 1.82) is 1.34 Å². The van der Waals surface area contributed by atoms with Crippen molar-refractivity contribution in [3.05, 3.63) is 229 Å². The molecule has 3 aliphatic rings. The number of halogens is 12. The summed E-state index contributed by atoms with van der Waals surface area (Å²) in [6.07, 6.45) is -11.5. The number of rotatable bonds is 9. The van der Waals surface area contributed by atoms with Crippen LogP contribution in [0.5, 0.6) is 0 Å². The Hall–Kier alpha value is -10.4. The molecule has 6 aromatic heterocycles. The van der Waals surface area contributed by atoms with Gasteiger partial charge in [0.1, 0.15) is 51.4 Å². The number of alkyl halides is 12. The summed E-state index contributed by atoms with van der Waals surface area (Å²) < 4.78 is 204. The molecule has 10 aromatic rings. The average molecular weight is 1720 g/mol. The number of furan rings is 3. The molecule has 3 amide bonds. The SMILES string of the molecule is CSc1nc2c(c(-c3ccc(C)o3)n1)C(=O)N(C)/C2=C\c1ccccc1C(F)(F)F.Cc1ccc(-c2nc(N)nc3c2C(=O)N(C)/C3=C\c2ccccc2C(F)(F)F)o1.Cc1ccc(-c2nc(S(C)(=O)=O)nc3c2C(=O)N(C)/C3=C\c2ccccc2C(F)(F)F)o1.O=Cc1ccccc1C(F)(F)F.[2H][B].[U]. The van der Waals surface area contributed by atoms with Gasteiger partial charge in [0.25, 0.3) is 17.7 Å². The Morgan fingerprint density at radius 2 is 0.714 bits per heavy atom. The maximum Gasteiger partial charge on any atom is 0.417 e. The Balaban J connectivity index is 0.000000183. The Labute approximate surface area is 620 Å². The molecule has 0 fully saturated rings. The van der Waals surface area contributed by atoms with Crippen LogP contribution >= 0.6 is 11.8 Å². The van der Waals surface area contributed by atoms with E-state index in [0.29, 0.717) is 39.7 Å². The second-order valence-electron chi connectivity index (χ2n) is 22.7. The molecular weight excluding hydrogens is 1670 g/mol. The number of carbonyl (C=O) groups is 4. The van der Waals surface area contributed by atoms with E-state index in [9.17, 15) is 80.3 Å². The van der Waals surface area contributed by atoms with Crippen molar-refractivity contribution in [1.82, 2.24) is 44.6 Å². The summed E-state index contributed by atoms with van der Waals surface area (Å²) in [5.74, 6) is 1.05. The first-order valence-electron chi connectivity index (χ1n) is 30.4. The fraction of sp³-hybridized carbons (Fsp3) is 0.171. The summed E-state index contributed by atoms with van der Waals surface area (Å²) in [4.78, 5) is 77.9. The van der Waals surface area contributed by atoms with Gasteiger partial charge in [-0.05, 0) is 124 Å². The number of amides is 3. The minimum Gasteiger partial charge on any atom is -0.460 e. The summed E-state index contributed by atoms with van der Waals surface area (Å²) in [6.45, 7) is 5.17. The van der Waals surface area contributed by atoms with E-state index < -0.39 is 79.7 Å². The maximum atomic E-state index is 13.5. The number of aryl methyl sites for hydroxylation is 3. The summed E-state index contributed by atoms with van der Waals surface area (Å²) >= 11 is 1.27. The zero-order valence-electron chi connectivity index (χ0n) is 56.7. The molecular formula is C70H53BF12N10O9S2U. The topological polar surface area (TPSA) is 255 Å². The van der Waals surface area contributed by atoms with Gasteiger partial charge in [-0.25, -0.2) is 38.3 Å². The number of aromatic nitrogens is 6. The number of hydrogen-bond donors (Lipinski definition) is 1. The standard InChI is InChI=1S/C21H16F3N3O4S.C21H16F3N3O2S.C20H15F3N4O2.C8H5F3O.BH.U/c1-11-8-9-15(31-11)18-16-17(25-20(26-18)32(3,29)30)14(27(2)19(16)28)10-12-6-4-5-7-13(12)21(22,23)24;1-11-8-9-15(29-11)18-16-17(25-20(26-18)30-3)14(27(2)19(16)28)10-12-6-4-5-7-13(12)21(22,23)24;1-10-7-8-14(29-10)17-15-16(25-19(24)26-17)13(27(2)18(15)28)9-11-5-3-4-6-12(11)20(21,22)23;9-8(10,11)7-4-2-1-3-6(7)5-12;;/h4-10H,1-3H3;4-10H,1-3H3;3-9H,1-2H3,(H2,24,25,26);1-5H;1H;/b2*14-10-;13-9-;;;/i;;;;1D;. The van der Waals surface area contributed by atoms with E-state index in [4.69, 9.17) is 20.3 Å². The largest absolute Gasteiger partial charge is 0.460 e. The first-order chi connectivity index (χ1) is 49.3. The number of fused-ring (bicyclic) bond motifs is 3. The molecule has 13 rings (SSSR count). The Bertz CT molecular complexity index is 5270. The second kappa shape index (κ2) is 31.1. The molecule has 0 bridgehead atoms. The molecule has 0 atom stereocenters. The van der Waals surface area contributed by atoms with Crippen LogP contribution in [-0.4, -0.2) is 120 Å². The molecule has 35 heteroatoms. The van der Waals surface area contributed by atoms with E-state index in [1.807, 2.05) is 0 Å². The molecule has 4 aromatic carbocycles. The molecule has 105 heavy (non-hydrogen) atoms. The number of nitrogen functional groups attached to an aromatic ring is 1. The number of anilines is 1. The van der Waals surface area contributed by atoms with Crippen molar-refractivity contribution in [2.75, 3.05) is 39.4 Å². The predicted molar refractivity (Wildman–Crippen MR) is 361 cm³/mol. The third-order valence-corrected chi connectivity index (χ3v) is 17.0. The Morgan fingerprint density at radius 3 is 1.01 bits per heavy atom. The Morgan fingerprint density at radius 1 is 0.448 bits per heavy atom. The Kier molecular flexibility index (Phi) is 23.4. The summed E-state index contributed by atoms with van der Waals surface area (Å²) in [5, 5.41) is -0.186. The van der Waals surface area contributed by atoms with Crippen LogP contribution in [-0.2, 0) is 34.5 Å². The van der Waals surface area contributed by atoms with Crippen molar-refractivity contribution >= 4 is 95.3 Å². The van der Waals surface area contributed by atoms with Gasteiger partial charge in [0, 0.05) is 72.5 Å². The second-order valence-corrected chi connectivity index (χ2v) is 25.3. The van der Waals surface area contributed by atoms with E-state index in [0.717, 1.165) is 47.6 Å². The van der Waals surface area contributed by atoms with Crippen LogP contribution in [0.25, 0.3) is 69.7 Å². The van der Waals surface area contributed by atoms with Crippen molar-refractivity contribution in [2.24, 2.45) is 0 Å². The molecule has 540 valence electrons. The van der Waals surface area contributed by atoms with Crippen LogP contribution < -0.4 is 5.73 Å². The van der Waals surface area contributed by atoms with Crippen LogP contribution in [0.1, 0.15) is 115 Å². The number of nitrogens with two attached hydrogens (primary N) is 1. The van der Waals surface area contributed by atoms with E-state index in [1.54, 1.807) is 57.4 Å². The molecule has 2 radical (unpaired) electrons.